The number of ketones is 1. The molecule has 3 aromatic rings. The molecular weight excluding hydrogens is 503 g/mol. The van der Waals surface area contributed by atoms with Crippen LogP contribution in [0.4, 0.5) is 19.0 Å². The zero-order chi connectivity index (χ0) is 26.6. The number of nitrogens with zero attached hydrogens (tertiary/aromatic N) is 4. The Morgan fingerprint density at radius 3 is 2.49 bits per heavy atom. The summed E-state index contributed by atoms with van der Waals surface area (Å²) in [5, 5.41) is 0.319. The zero-order valence-electron chi connectivity index (χ0n) is 20.1. The number of carbonyl (C=O) groups excluding carboxylic acids is 1. The number of carbonyl (C=O) groups is 1. The van der Waals surface area contributed by atoms with E-state index >= 15 is 0 Å². The van der Waals surface area contributed by atoms with Crippen LogP contribution in [-0.4, -0.2) is 58.8 Å². The van der Waals surface area contributed by atoms with Crippen LogP contribution in [0.2, 0.25) is 5.02 Å². The molecule has 1 aliphatic heterocycles. The summed E-state index contributed by atoms with van der Waals surface area (Å²) in [4.78, 5) is 25.1. The molecule has 2 aromatic carbocycles. The lowest BCUT2D eigenvalue weighted by atomic mass is 9.97. The number of alkyl halides is 3. The predicted octanol–water partition coefficient (Wildman–Crippen LogP) is 4.30. The van der Waals surface area contributed by atoms with Crippen molar-refractivity contribution in [1.82, 2.24) is 19.8 Å². The van der Waals surface area contributed by atoms with Crippen LogP contribution in [-0.2, 0) is 19.1 Å². The minimum Gasteiger partial charge on any atom is -0.381 e. The van der Waals surface area contributed by atoms with E-state index in [-0.39, 0.29) is 47.0 Å². The highest BCUT2D eigenvalue weighted by molar-refractivity contribution is 6.31. The van der Waals surface area contributed by atoms with Crippen LogP contribution >= 0.6 is 11.6 Å². The highest BCUT2D eigenvalue weighted by Gasteiger charge is 2.34. The lowest BCUT2D eigenvalue weighted by Crippen LogP contribution is -2.44. The Morgan fingerprint density at radius 1 is 1.05 bits per heavy atom. The van der Waals surface area contributed by atoms with Gasteiger partial charge in [0, 0.05) is 62.7 Å². The summed E-state index contributed by atoms with van der Waals surface area (Å²) in [5.74, 6) is 5.42. The van der Waals surface area contributed by atoms with Crippen LogP contribution < -0.4 is 5.73 Å². The van der Waals surface area contributed by atoms with Gasteiger partial charge in [0.2, 0.25) is 0 Å². The Kier molecular flexibility index (Phi) is 8.13. The molecule has 1 saturated heterocycles. The second kappa shape index (κ2) is 11.3. The molecule has 2 heterocycles. The maximum absolute atomic E-state index is 13.9. The van der Waals surface area contributed by atoms with Crippen LogP contribution in [0.5, 0.6) is 0 Å². The highest BCUT2D eigenvalue weighted by atomic mass is 35.5. The normalized spacial score (nSPS) is 14.7. The van der Waals surface area contributed by atoms with Gasteiger partial charge in [0.1, 0.15) is 0 Å². The predicted molar refractivity (Wildman–Crippen MR) is 136 cm³/mol. The summed E-state index contributed by atoms with van der Waals surface area (Å²) in [5.41, 5.74) is 6.47. The van der Waals surface area contributed by atoms with E-state index in [9.17, 15) is 18.0 Å². The van der Waals surface area contributed by atoms with Crippen LogP contribution in [0.15, 0.2) is 48.8 Å². The van der Waals surface area contributed by atoms with Gasteiger partial charge in [0.05, 0.1) is 10.6 Å². The molecule has 2 N–H and O–H groups in total. The number of aromatic nitrogens is 2. The molecule has 0 amide bonds. The summed E-state index contributed by atoms with van der Waals surface area (Å²) >= 11 is 6.23. The second-order valence-corrected chi connectivity index (χ2v) is 9.31. The van der Waals surface area contributed by atoms with E-state index in [1.165, 1.54) is 36.7 Å². The average Bonchev–Trinajstić information content (AvgIpc) is 2.86. The first kappa shape index (κ1) is 26.6. The van der Waals surface area contributed by atoms with Crippen molar-refractivity contribution in [2.45, 2.75) is 19.1 Å². The zero-order valence-corrected chi connectivity index (χ0v) is 20.9. The summed E-state index contributed by atoms with van der Waals surface area (Å²) in [6.07, 6.45) is -1.82. The number of Topliss-reactive ketones (excluding diaryl/α,β-unsaturated/α-hetero) is 1. The number of hydrogen-bond donors (Lipinski definition) is 1. The molecule has 0 bridgehead atoms. The molecular formula is C27H25ClF3N5O. The van der Waals surface area contributed by atoms with Crippen LogP contribution in [0, 0.1) is 11.8 Å². The molecule has 1 aromatic heterocycles. The number of hydrogen-bond acceptors (Lipinski definition) is 6. The third-order valence-corrected chi connectivity index (χ3v) is 6.49. The largest absolute Gasteiger partial charge is 0.416 e. The van der Waals surface area contributed by atoms with Gasteiger partial charge in [0.15, 0.2) is 17.3 Å². The van der Waals surface area contributed by atoms with Crippen LogP contribution in [0.3, 0.4) is 0 Å². The lowest BCUT2D eigenvalue weighted by molar-refractivity contribution is -0.138. The highest BCUT2D eigenvalue weighted by Crippen LogP contribution is 2.34. The summed E-state index contributed by atoms with van der Waals surface area (Å²) < 4.78 is 41.7. The summed E-state index contributed by atoms with van der Waals surface area (Å²) in [6.45, 7) is 3.26. The van der Waals surface area contributed by atoms with Crippen molar-refractivity contribution in [3.05, 3.63) is 87.3 Å². The molecule has 0 radical (unpaired) electrons. The number of nitrogens with two attached hydrogens (primary N) is 1. The minimum absolute atomic E-state index is 0.162. The van der Waals surface area contributed by atoms with Crippen molar-refractivity contribution < 1.29 is 18.0 Å². The first-order chi connectivity index (χ1) is 17.6. The number of rotatable bonds is 5. The molecule has 0 atom stereocenters. The van der Waals surface area contributed by atoms with Gasteiger partial charge in [-0.1, -0.05) is 29.7 Å². The molecule has 0 saturated carbocycles. The van der Waals surface area contributed by atoms with Gasteiger partial charge in [-0.2, -0.15) is 13.2 Å². The quantitative estimate of drug-likeness (QED) is 0.394. The third-order valence-electron chi connectivity index (χ3n) is 6.16. The second-order valence-electron chi connectivity index (χ2n) is 8.90. The molecule has 0 spiro atoms. The Morgan fingerprint density at radius 2 is 1.78 bits per heavy atom. The Labute approximate surface area is 218 Å². The van der Waals surface area contributed by atoms with E-state index in [4.69, 9.17) is 17.3 Å². The van der Waals surface area contributed by atoms with Crippen molar-refractivity contribution >= 4 is 23.2 Å². The third kappa shape index (κ3) is 6.86. The van der Waals surface area contributed by atoms with Gasteiger partial charge >= 0.3 is 6.18 Å². The first-order valence-electron chi connectivity index (χ1n) is 11.6. The average molecular weight is 528 g/mol. The van der Waals surface area contributed by atoms with Gasteiger partial charge in [-0.3, -0.25) is 9.69 Å². The van der Waals surface area contributed by atoms with Crippen LogP contribution in [0.25, 0.3) is 0 Å². The van der Waals surface area contributed by atoms with Gasteiger partial charge in [-0.05, 0) is 48.4 Å². The number of piperazine rings is 1. The molecule has 192 valence electrons. The molecule has 1 aliphatic rings. The molecule has 10 heteroatoms. The van der Waals surface area contributed by atoms with Gasteiger partial charge < -0.3 is 10.6 Å². The van der Waals surface area contributed by atoms with Gasteiger partial charge in [-0.25, -0.2) is 9.97 Å². The SMILES string of the molecule is CN1CCN(Cc2ccc(CC(=O)c3ccc(Cl)c(C#Cc4nccnc4N)c3)cc2C(F)(F)F)CC1. The van der Waals surface area contributed by atoms with Crippen molar-refractivity contribution in [3.63, 3.8) is 0 Å². The Balaban J connectivity index is 1.53. The van der Waals surface area contributed by atoms with E-state index in [0.717, 1.165) is 19.2 Å². The van der Waals surface area contributed by atoms with E-state index < -0.39 is 11.7 Å². The van der Waals surface area contributed by atoms with Gasteiger partial charge in [0.25, 0.3) is 0 Å². The first-order valence-corrected chi connectivity index (χ1v) is 12.0. The topological polar surface area (TPSA) is 75.3 Å². The van der Waals surface area contributed by atoms with Crippen molar-refractivity contribution in [1.29, 1.82) is 0 Å². The maximum atomic E-state index is 13.9. The molecule has 37 heavy (non-hydrogen) atoms. The van der Waals surface area contributed by atoms with E-state index in [0.29, 0.717) is 23.7 Å². The molecule has 0 aliphatic carbocycles. The fourth-order valence-corrected chi connectivity index (χ4v) is 4.20. The Hall–Kier alpha value is -3.45. The van der Waals surface area contributed by atoms with Gasteiger partial charge in [-0.15, -0.1) is 0 Å². The Bertz CT molecular complexity index is 1360. The number of anilines is 1. The van der Waals surface area contributed by atoms with E-state index in [1.807, 2.05) is 11.9 Å². The molecule has 6 nitrogen and oxygen atoms in total. The minimum atomic E-state index is -4.52. The van der Waals surface area contributed by atoms with Crippen LogP contribution in [0.1, 0.15) is 38.3 Å². The molecule has 4 rings (SSSR count). The molecule has 1 fully saturated rings. The lowest BCUT2D eigenvalue weighted by Gasteiger charge is -2.33. The fourth-order valence-electron chi connectivity index (χ4n) is 4.04. The standard InChI is InChI=1S/C27H25ClF3N5O/c1-35-10-12-36(13-11-35)17-21-3-2-18(14-22(21)27(29,30)31)15-25(37)20-4-6-23(28)19(16-20)5-7-24-26(32)34-9-8-33-24/h2-4,6,8-9,14,16H,10-13,15,17H2,1H3,(H2,32,34). The van der Waals surface area contributed by atoms with Crippen molar-refractivity contribution in [2.24, 2.45) is 0 Å². The monoisotopic (exact) mass is 527 g/mol. The van der Waals surface area contributed by atoms with E-state index in [2.05, 4.69) is 26.7 Å². The number of benzene rings is 2. The fraction of sp³-hybridized carbons (Fsp3) is 0.296. The number of nitrogen functional groups attached to an aromatic ring is 1. The molecule has 0 unspecified atom stereocenters. The number of halogens is 4. The number of likely N-dealkylation sites (N-methyl/N-ethyl adjacent to an activating group) is 1. The van der Waals surface area contributed by atoms with E-state index in [1.54, 1.807) is 6.07 Å². The maximum Gasteiger partial charge on any atom is 0.416 e. The smallest absolute Gasteiger partial charge is 0.381 e. The van der Waals surface area contributed by atoms with Crippen molar-refractivity contribution in [2.75, 3.05) is 39.0 Å². The summed E-state index contributed by atoms with van der Waals surface area (Å²) in [7, 11) is 1.99. The summed E-state index contributed by atoms with van der Waals surface area (Å²) in [6, 6.07) is 8.71. The van der Waals surface area contributed by atoms with Crippen molar-refractivity contribution in [3.8, 4) is 11.8 Å².